The van der Waals surface area contributed by atoms with Crippen LogP contribution in [-0.2, 0) is 26.1 Å². The zero-order valence-corrected chi connectivity index (χ0v) is 19.8. The van der Waals surface area contributed by atoms with Crippen LogP contribution in [0.25, 0.3) is 5.65 Å². The molecular formula is C27H29N5O2. The van der Waals surface area contributed by atoms with Gasteiger partial charge in [-0.2, -0.15) is 9.61 Å². The molecule has 7 heteroatoms. The van der Waals surface area contributed by atoms with Crippen molar-refractivity contribution in [2.75, 3.05) is 11.9 Å². The lowest BCUT2D eigenvalue weighted by Gasteiger charge is -2.30. The van der Waals surface area contributed by atoms with Gasteiger partial charge in [-0.15, -0.1) is 0 Å². The number of carbonyl (C=O) groups is 1. The molecule has 0 unspecified atom stereocenters. The summed E-state index contributed by atoms with van der Waals surface area (Å²) in [5, 5.41) is 7.33. The van der Waals surface area contributed by atoms with Crippen LogP contribution < -0.4 is 10.9 Å². The van der Waals surface area contributed by atoms with Gasteiger partial charge in [0.15, 0.2) is 5.65 Å². The largest absolute Gasteiger partial charge is 0.329 e. The molecule has 0 bridgehead atoms. The maximum atomic E-state index is 13.5. The number of aromatic nitrogens is 3. The lowest BCUT2D eigenvalue weighted by atomic mass is 10.0. The van der Waals surface area contributed by atoms with E-state index in [1.54, 1.807) is 0 Å². The van der Waals surface area contributed by atoms with Crippen LogP contribution in [0.5, 0.6) is 0 Å². The minimum Gasteiger partial charge on any atom is -0.329 e. The Balaban J connectivity index is 1.51. The van der Waals surface area contributed by atoms with Gasteiger partial charge in [-0.3, -0.25) is 14.5 Å². The fourth-order valence-corrected chi connectivity index (χ4v) is 5.03. The molecule has 1 aliphatic heterocycles. The lowest BCUT2D eigenvalue weighted by molar-refractivity contribution is 0.102. The number of nitrogens with zero attached hydrogens (tertiary/aromatic N) is 4. The molecule has 0 atom stereocenters. The summed E-state index contributed by atoms with van der Waals surface area (Å²) in [6.45, 7) is 8.92. The second-order valence-corrected chi connectivity index (χ2v) is 9.05. The van der Waals surface area contributed by atoms with E-state index in [0.717, 1.165) is 47.6 Å². The van der Waals surface area contributed by atoms with Crippen LogP contribution in [0.2, 0.25) is 0 Å². The van der Waals surface area contributed by atoms with E-state index in [4.69, 9.17) is 0 Å². The molecule has 4 aromatic rings. The Morgan fingerprint density at radius 2 is 1.82 bits per heavy atom. The van der Waals surface area contributed by atoms with E-state index in [9.17, 15) is 9.59 Å². The van der Waals surface area contributed by atoms with Crippen molar-refractivity contribution in [3.63, 3.8) is 0 Å². The molecule has 3 heterocycles. The van der Waals surface area contributed by atoms with Crippen LogP contribution in [-0.4, -0.2) is 31.5 Å². The molecular weight excluding hydrogens is 426 g/mol. The maximum Gasteiger partial charge on any atom is 0.279 e. The average molecular weight is 456 g/mol. The molecule has 0 saturated heterocycles. The average Bonchev–Trinajstić information content (AvgIpc) is 3.25. The molecule has 7 nitrogen and oxygen atoms in total. The van der Waals surface area contributed by atoms with Crippen molar-refractivity contribution in [3.8, 4) is 0 Å². The van der Waals surface area contributed by atoms with Gasteiger partial charge in [0, 0.05) is 44.0 Å². The van der Waals surface area contributed by atoms with Gasteiger partial charge < -0.3 is 9.88 Å². The lowest BCUT2D eigenvalue weighted by Crippen LogP contribution is -2.38. The Hall–Kier alpha value is -3.71. The van der Waals surface area contributed by atoms with Crippen molar-refractivity contribution in [1.82, 2.24) is 19.1 Å². The number of fused-ring (bicyclic) bond motifs is 2. The predicted octanol–water partition coefficient (Wildman–Crippen LogP) is 3.94. The fraction of sp³-hybridized carbons (Fsp3) is 0.296. The van der Waals surface area contributed by atoms with Crippen molar-refractivity contribution in [2.45, 2.75) is 46.8 Å². The molecule has 0 aliphatic carbocycles. The van der Waals surface area contributed by atoms with Gasteiger partial charge in [-0.05, 0) is 49.6 Å². The highest BCUT2D eigenvalue weighted by molar-refractivity contribution is 6.08. The monoisotopic (exact) mass is 455 g/mol. The number of benzene rings is 2. The van der Waals surface area contributed by atoms with E-state index >= 15 is 0 Å². The summed E-state index contributed by atoms with van der Waals surface area (Å²) in [6.07, 6.45) is 2.26. The topological polar surface area (TPSA) is 71.6 Å². The van der Waals surface area contributed by atoms with Crippen molar-refractivity contribution >= 4 is 17.2 Å². The van der Waals surface area contributed by atoms with E-state index in [2.05, 4.69) is 38.1 Å². The summed E-state index contributed by atoms with van der Waals surface area (Å²) in [5.41, 5.74) is 6.72. The Bertz CT molecular complexity index is 1410. The van der Waals surface area contributed by atoms with E-state index in [-0.39, 0.29) is 11.5 Å². The van der Waals surface area contributed by atoms with Crippen LogP contribution in [0.15, 0.2) is 59.5 Å². The summed E-state index contributed by atoms with van der Waals surface area (Å²) in [5.74, 6) is -0.261. The molecule has 0 radical (unpaired) electrons. The Morgan fingerprint density at radius 1 is 1.09 bits per heavy atom. The van der Waals surface area contributed by atoms with Gasteiger partial charge in [-0.1, -0.05) is 36.4 Å². The molecule has 174 valence electrons. The first kappa shape index (κ1) is 22.1. The zero-order valence-electron chi connectivity index (χ0n) is 19.8. The minimum absolute atomic E-state index is 0.141. The van der Waals surface area contributed by atoms with E-state index in [1.807, 2.05) is 51.1 Å². The van der Waals surface area contributed by atoms with Gasteiger partial charge in [-0.25, -0.2) is 0 Å². The number of nitrogens with one attached hydrogen (secondary N) is 1. The zero-order chi connectivity index (χ0) is 23.8. The normalized spacial score (nSPS) is 13.7. The van der Waals surface area contributed by atoms with Gasteiger partial charge >= 0.3 is 0 Å². The third-order valence-electron chi connectivity index (χ3n) is 6.46. The summed E-state index contributed by atoms with van der Waals surface area (Å²) < 4.78 is 3.48. The molecule has 2 aromatic heterocycles. The van der Waals surface area contributed by atoms with Crippen molar-refractivity contribution in [1.29, 1.82) is 0 Å². The first-order valence-corrected chi connectivity index (χ1v) is 11.7. The van der Waals surface area contributed by atoms with Gasteiger partial charge in [0.2, 0.25) is 0 Å². The first-order valence-electron chi connectivity index (χ1n) is 11.7. The number of carbonyl (C=O) groups excluding carboxylic acids is 1. The van der Waals surface area contributed by atoms with Crippen LogP contribution in [0.1, 0.15) is 45.2 Å². The van der Waals surface area contributed by atoms with Gasteiger partial charge in [0.25, 0.3) is 11.5 Å². The molecule has 5 rings (SSSR count). The summed E-state index contributed by atoms with van der Waals surface area (Å²) in [7, 11) is 0. The summed E-state index contributed by atoms with van der Waals surface area (Å²) >= 11 is 0. The standard InChI is InChI=1S/C27H29N5O2/c1-4-31-24-10-11-30(16-20-8-6-5-7-9-20)17-23(24)27(34)32-26(31)22(15-28-32)25(33)29-21-13-18(2)12-19(3)14-21/h5-9,12-15H,4,10-11,16-17H2,1-3H3,(H,29,33). The highest BCUT2D eigenvalue weighted by Gasteiger charge is 2.27. The smallest absolute Gasteiger partial charge is 0.279 e. The van der Waals surface area contributed by atoms with Gasteiger partial charge in [0.05, 0.1) is 11.8 Å². The molecule has 2 aromatic carbocycles. The first-order chi connectivity index (χ1) is 16.4. The molecule has 0 fully saturated rings. The molecule has 1 aliphatic rings. The second kappa shape index (κ2) is 8.91. The number of amides is 1. The fourth-order valence-electron chi connectivity index (χ4n) is 5.03. The quantitative estimate of drug-likeness (QED) is 0.495. The van der Waals surface area contributed by atoms with Crippen LogP contribution >= 0.6 is 0 Å². The number of rotatable bonds is 5. The molecule has 1 N–H and O–H groups in total. The second-order valence-electron chi connectivity index (χ2n) is 9.05. The number of anilines is 1. The van der Waals surface area contributed by atoms with E-state index in [0.29, 0.717) is 24.3 Å². The molecule has 1 amide bonds. The SMILES string of the molecule is CCn1c2c(c(=O)n3ncc(C(=O)Nc4cc(C)cc(C)c4)c13)CN(Cc1ccccc1)CC2. The van der Waals surface area contributed by atoms with Crippen molar-refractivity contribution in [3.05, 3.63) is 98.6 Å². The highest BCUT2D eigenvalue weighted by Crippen LogP contribution is 2.23. The molecule has 0 saturated carbocycles. The van der Waals surface area contributed by atoms with Crippen LogP contribution in [0.4, 0.5) is 5.69 Å². The maximum absolute atomic E-state index is 13.5. The summed E-state index contributed by atoms with van der Waals surface area (Å²) in [6, 6.07) is 16.2. The Kier molecular flexibility index (Phi) is 5.79. The van der Waals surface area contributed by atoms with Crippen LogP contribution in [0.3, 0.4) is 0 Å². The number of hydrogen-bond acceptors (Lipinski definition) is 4. The van der Waals surface area contributed by atoms with E-state index in [1.165, 1.54) is 16.3 Å². The summed E-state index contributed by atoms with van der Waals surface area (Å²) in [4.78, 5) is 29.0. The third-order valence-corrected chi connectivity index (χ3v) is 6.46. The predicted molar refractivity (Wildman–Crippen MR) is 133 cm³/mol. The number of hydrogen-bond donors (Lipinski definition) is 1. The molecule has 34 heavy (non-hydrogen) atoms. The minimum atomic E-state index is -0.261. The molecule has 0 spiro atoms. The van der Waals surface area contributed by atoms with Crippen LogP contribution in [0, 0.1) is 13.8 Å². The third kappa shape index (κ3) is 4.03. The van der Waals surface area contributed by atoms with Crippen molar-refractivity contribution < 1.29 is 4.79 Å². The van der Waals surface area contributed by atoms with E-state index < -0.39 is 0 Å². The Labute approximate surface area is 198 Å². The highest BCUT2D eigenvalue weighted by atomic mass is 16.2. The Morgan fingerprint density at radius 3 is 2.53 bits per heavy atom. The van der Waals surface area contributed by atoms with Crippen molar-refractivity contribution in [2.24, 2.45) is 0 Å². The number of aryl methyl sites for hydroxylation is 3. The van der Waals surface area contributed by atoms with Gasteiger partial charge in [0.1, 0.15) is 5.56 Å².